The van der Waals surface area contributed by atoms with Crippen molar-refractivity contribution in [2.45, 2.75) is 4.90 Å². The molecule has 12 heteroatoms. The minimum absolute atomic E-state index is 0.00989. The third kappa shape index (κ3) is 4.65. The highest BCUT2D eigenvalue weighted by Gasteiger charge is 2.17. The molecular formula is C23H16N6O4S2. The maximum Gasteiger partial charge on any atom is 0.270 e. The van der Waals surface area contributed by atoms with Gasteiger partial charge in [-0.1, -0.05) is 18.2 Å². The minimum atomic E-state index is -3.80. The number of nitrogens with one attached hydrogen (secondary N) is 2. The Morgan fingerprint density at radius 2 is 1.77 bits per heavy atom. The summed E-state index contributed by atoms with van der Waals surface area (Å²) in [6.07, 6.45) is 2.92. The van der Waals surface area contributed by atoms with Crippen LogP contribution < -0.4 is 10.0 Å². The normalized spacial score (nSPS) is 11.3. The molecule has 0 unspecified atom stereocenters. The first-order valence-electron chi connectivity index (χ1n) is 10.2. The van der Waals surface area contributed by atoms with Crippen LogP contribution in [0, 0.1) is 10.1 Å². The lowest BCUT2D eigenvalue weighted by atomic mass is 10.1. The number of nitro benzene ring substituents is 1. The molecular weight excluding hydrogens is 488 g/mol. The Hall–Kier alpha value is -4.42. The number of hydrogen-bond donors (Lipinski definition) is 2. The Bertz CT molecular complexity index is 1640. The van der Waals surface area contributed by atoms with Crippen molar-refractivity contribution in [1.29, 1.82) is 0 Å². The Labute approximate surface area is 203 Å². The average Bonchev–Trinajstić information content (AvgIpc) is 3.30. The summed E-state index contributed by atoms with van der Waals surface area (Å²) in [4.78, 5) is 24.2. The van der Waals surface area contributed by atoms with Crippen LogP contribution in [0.1, 0.15) is 0 Å². The van der Waals surface area contributed by atoms with E-state index in [-0.39, 0.29) is 16.4 Å². The lowest BCUT2D eigenvalue weighted by molar-refractivity contribution is -0.384. The van der Waals surface area contributed by atoms with Crippen molar-refractivity contribution in [1.82, 2.24) is 15.0 Å². The van der Waals surface area contributed by atoms with E-state index in [1.54, 1.807) is 42.5 Å². The topological polar surface area (TPSA) is 140 Å². The molecule has 0 spiro atoms. The fourth-order valence-electron chi connectivity index (χ4n) is 3.44. The number of pyridine rings is 1. The summed E-state index contributed by atoms with van der Waals surface area (Å²) < 4.78 is 27.7. The zero-order chi connectivity index (χ0) is 24.4. The van der Waals surface area contributed by atoms with Gasteiger partial charge in [0.25, 0.3) is 15.7 Å². The summed E-state index contributed by atoms with van der Waals surface area (Å²) in [5.74, 6) is 0.726. The van der Waals surface area contributed by atoms with E-state index < -0.39 is 14.9 Å². The molecule has 2 aromatic carbocycles. The Kier molecular flexibility index (Phi) is 5.81. The van der Waals surface area contributed by atoms with Crippen molar-refractivity contribution in [3.05, 3.63) is 94.7 Å². The maximum atomic E-state index is 12.6. The number of aromatic nitrogens is 3. The second-order valence-electron chi connectivity index (χ2n) is 7.33. The molecule has 3 heterocycles. The van der Waals surface area contributed by atoms with Gasteiger partial charge < -0.3 is 5.32 Å². The van der Waals surface area contributed by atoms with Crippen LogP contribution in [0.4, 0.5) is 23.0 Å². The first kappa shape index (κ1) is 22.4. The van der Waals surface area contributed by atoms with Gasteiger partial charge in [-0.2, -0.15) is 0 Å². The van der Waals surface area contributed by atoms with E-state index in [0.29, 0.717) is 27.3 Å². The van der Waals surface area contributed by atoms with Crippen molar-refractivity contribution in [3.8, 4) is 11.1 Å². The second kappa shape index (κ2) is 9.08. The molecule has 0 amide bonds. The number of non-ortho nitro benzene ring substituents is 1. The van der Waals surface area contributed by atoms with Gasteiger partial charge in [-0.15, -0.1) is 11.3 Å². The Balaban J connectivity index is 1.45. The van der Waals surface area contributed by atoms with Gasteiger partial charge in [-0.3, -0.25) is 14.8 Å². The van der Waals surface area contributed by atoms with Crippen LogP contribution in [-0.4, -0.2) is 28.3 Å². The van der Waals surface area contributed by atoms with Gasteiger partial charge in [-0.25, -0.2) is 23.4 Å². The molecule has 0 saturated heterocycles. The molecule has 0 aliphatic heterocycles. The molecule has 0 aliphatic carbocycles. The van der Waals surface area contributed by atoms with Crippen LogP contribution in [0.5, 0.6) is 0 Å². The molecule has 10 nitrogen and oxygen atoms in total. The molecule has 2 N–H and O–H groups in total. The van der Waals surface area contributed by atoms with E-state index in [1.165, 1.54) is 48.1 Å². The molecule has 0 bridgehead atoms. The largest absolute Gasteiger partial charge is 0.340 e. The number of anilines is 3. The molecule has 174 valence electrons. The lowest BCUT2D eigenvalue weighted by Gasteiger charge is -2.10. The van der Waals surface area contributed by atoms with Gasteiger partial charge in [0.1, 0.15) is 22.8 Å². The van der Waals surface area contributed by atoms with E-state index in [2.05, 4.69) is 25.0 Å². The van der Waals surface area contributed by atoms with Gasteiger partial charge >= 0.3 is 0 Å². The van der Waals surface area contributed by atoms with Gasteiger partial charge in [0.05, 0.1) is 15.2 Å². The van der Waals surface area contributed by atoms with Crippen molar-refractivity contribution in [3.63, 3.8) is 0 Å². The summed E-state index contributed by atoms with van der Waals surface area (Å²) in [7, 11) is -3.80. The number of fused-ring (bicyclic) bond motifs is 1. The van der Waals surface area contributed by atoms with E-state index in [4.69, 9.17) is 0 Å². The van der Waals surface area contributed by atoms with Crippen molar-refractivity contribution in [2.75, 3.05) is 10.0 Å². The number of nitrogens with zero attached hydrogens (tertiary/aromatic N) is 4. The molecule has 5 aromatic rings. The summed E-state index contributed by atoms with van der Waals surface area (Å²) in [5.41, 5.74) is 2.03. The fraction of sp³-hybridized carbons (Fsp3) is 0. The molecule has 3 aromatic heterocycles. The van der Waals surface area contributed by atoms with Crippen LogP contribution in [0.15, 0.2) is 89.5 Å². The summed E-state index contributed by atoms with van der Waals surface area (Å²) in [6.45, 7) is 0. The van der Waals surface area contributed by atoms with Gasteiger partial charge in [0, 0.05) is 35.0 Å². The van der Waals surface area contributed by atoms with E-state index >= 15 is 0 Å². The van der Waals surface area contributed by atoms with E-state index in [9.17, 15) is 18.5 Å². The number of sulfonamides is 1. The summed E-state index contributed by atoms with van der Waals surface area (Å²) >= 11 is 1.40. The third-order valence-corrected chi connectivity index (χ3v) is 7.33. The molecule has 5 rings (SSSR count). The standard InChI is InChI=1S/C23H16N6O4S2/c30-29(31)17-5-3-4-15(12-17)19-13-34-23-21(19)22(25-14-26-23)27-16-7-9-18(10-8-16)35(32,33)28-20-6-1-2-11-24-20/h1-14H,(H,24,28)(H,25,26,27). The zero-order valence-corrected chi connectivity index (χ0v) is 19.5. The van der Waals surface area contributed by atoms with Crippen LogP contribution in [0.25, 0.3) is 21.3 Å². The lowest BCUT2D eigenvalue weighted by Crippen LogP contribution is -2.13. The van der Waals surface area contributed by atoms with Gasteiger partial charge in [0.2, 0.25) is 0 Å². The molecule has 0 fully saturated rings. The van der Waals surface area contributed by atoms with Gasteiger partial charge in [0.15, 0.2) is 0 Å². The van der Waals surface area contributed by atoms with Crippen molar-refractivity contribution in [2.24, 2.45) is 0 Å². The Morgan fingerprint density at radius 1 is 0.943 bits per heavy atom. The van der Waals surface area contributed by atoms with Crippen LogP contribution in [-0.2, 0) is 10.0 Å². The monoisotopic (exact) mass is 504 g/mol. The quantitative estimate of drug-likeness (QED) is 0.227. The number of hydrogen-bond acceptors (Lipinski definition) is 9. The predicted octanol–water partition coefficient (Wildman–Crippen LogP) is 5.21. The molecule has 0 atom stereocenters. The smallest absolute Gasteiger partial charge is 0.270 e. The highest BCUT2D eigenvalue weighted by Crippen LogP contribution is 2.38. The average molecular weight is 505 g/mol. The van der Waals surface area contributed by atoms with Crippen LogP contribution in [0.2, 0.25) is 0 Å². The summed E-state index contributed by atoms with van der Waals surface area (Å²) in [5, 5.41) is 17.0. The first-order chi connectivity index (χ1) is 16.9. The summed E-state index contributed by atoms with van der Waals surface area (Å²) in [6, 6.07) is 17.5. The zero-order valence-electron chi connectivity index (χ0n) is 17.8. The predicted molar refractivity (Wildman–Crippen MR) is 134 cm³/mol. The van der Waals surface area contributed by atoms with Crippen LogP contribution >= 0.6 is 11.3 Å². The molecule has 0 aliphatic rings. The fourth-order valence-corrected chi connectivity index (χ4v) is 5.37. The second-order valence-corrected chi connectivity index (χ2v) is 9.87. The first-order valence-corrected chi connectivity index (χ1v) is 12.5. The van der Waals surface area contributed by atoms with Crippen molar-refractivity contribution >= 4 is 54.6 Å². The van der Waals surface area contributed by atoms with Gasteiger partial charge in [-0.05, 0) is 42.0 Å². The SMILES string of the molecule is O=[N+]([O-])c1cccc(-c2csc3ncnc(Nc4ccc(S(=O)(=O)Nc5ccccn5)cc4)c23)c1. The highest BCUT2D eigenvalue weighted by molar-refractivity contribution is 7.92. The van der Waals surface area contributed by atoms with Crippen LogP contribution in [0.3, 0.4) is 0 Å². The molecule has 35 heavy (non-hydrogen) atoms. The molecule has 0 saturated carbocycles. The molecule has 0 radical (unpaired) electrons. The van der Waals surface area contributed by atoms with E-state index in [0.717, 1.165) is 5.56 Å². The van der Waals surface area contributed by atoms with E-state index in [1.807, 2.05) is 5.38 Å². The number of benzene rings is 2. The Morgan fingerprint density at radius 3 is 2.51 bits per heavy atom. The highest BCUT2D eigenvalue weighted by atomic mass is 32.2. The van der Waals surface area contributed by atoms with Crippen molar-refractivity contribution < 1.29 is 13.3 Å². The number of rotatable bonds is 7. The minimum Gasteiger partial charge on any atom is -0.340 e. The third-order valence-electron chi connectivity index (χ3n) is 5.07. The maximum absolute atomic E-state index is 12.6. The number of thiophene rings is 1. The number of nitro groups is 1.